The summed E-state index contributed by atoms with van der Waals surface area (Å²) < 4.78 is 4.58. The van der Waals surface area contributed by atoms with E-state index in [9.17, 15) is 14.9 Å². The zero-order valence-electron chi connectivity index (χ0n) is 8.06. The first kappa shape index (κ1) is 12.1. The van der Waals surface area contributed by atoms with Gasteiger partial charge in [0.1, 0.15) is 0 Å². The van der Waals surface area contributed by atoms with E-state index in [2.05, 4.69) is 20.7 Å². The lowest BCUT2D eigenvalue weighted by Gasteiger charge is -2.03. The van der Waals surface area contributed by atoms with Crippen LogP contribution in [0.4, 0.5) is 5.69 Å². The van der Waals surface area contributed by atoms with Gasteiger partial charge in [0.25, 0.3) is 5.69 Å². The molecule has 0 aromatic heterocycles. The Bertz CT molecular complexity index is 507. The number of nitriles is 1. The summed E-state index contributed by atoms with van der Waals surface area (Å²) in [5, 5.41) is 19.4. The third kappa shape index (κ3) is 2.17. The fourth-order valence-electron chi connectivity index (χ4n) is 1.10. The number of methoxy groups -OCH3 is 1. The van der Waals surface area contributed by atoms with Crippen LogP contribution in [0.15, 0.2) is 16.6 Å². The van der Waals surface area contributed by atoms with Crippen LogP contribution < -0.4 is 0 Å². The Labute approximate surface area is 98.7 Å². The predicted molar refractivity (Wildman–Crippen MR) is 56.9 cm³/mol. The predicted octanol–water partition coefficient (Wildman–Crippen LogP) is 2.02. The molecular weight excluding hydrogens is 280 g/mol. The molecule has 0 aliphatic rings. The van der Waals surface area contributed by atoms with Crippen molar-refractivity contribution in [1.82, 2.24) is 0 Å². The molecule has 6 nitrogen and oxygen atoms in total. The molecule has 0 amide bonds. The number of nitrogens with zero attached hydrogens (tertiary/aromatic N) is 2. The maximum atomic E-state index is 11.3. The van der Waals surface area contributed by atoms with E-state index in [0.717, 1.165) is 13.2 Å². The molecule has 7 heteroatoms. The molecule has 0 radical (unpaired) electrons. The van der Waals surface area contributed by atoms with Crippen molar-refractivity contribution in [2.75, 3.05) is 7.11 Å². The van der Waals surface area contributed by atoms with Gasteiger partial charge in [0.2, 0.25) is 0 Å². The second-order valence-electron chi connectivity index (χ2n) is 2.71. The number of benzene rings is 1. The SMILES string of the molecule is COC(=O)c1c(Br)cc(C#N)cc1[N+](=O)[O-]. The van der Waals surface area contributed by atoms with Crippen molar-refractivity contribution >= 4 is 27.6 Å². The largest absolute Gasteiger partial charge is 0.465 e. The number of carbonyl (C=O) groups excluding carboxylic acids is 1. The number of hydrogen-bond acceptors (Lipinski definition) is 5. The van der Waals surface area contributed by atoms with Gasteiger partial charge in [-0.15, -0.1) is 0 Å². The summed E-state index contributed by atoms with van der Waals surface area (Å²) >= 11 is 2.99. The van der Waals surface area contributed by atoms with Crippen molar-refractivity contribution in [3.05, 3.63) is 37.8 Å². The molecule has 0 spiro atoms. The normalized spacial score (nSPS) is 9.31. The molecule has 1 rings (SSSR count). The number of rotatable bonds is 2. The Morgan fingerprint density at radius 1 is 1.62 bits per heavy atom. The van der Waals surface area contributed by atoms with E-state index in [1.54, 1.807) is 6.07 Å². The summed E-state index contributed by atoms with van der Waals surface area (Å²) in [7, 11) is 1.12. The van der Waals surface area contributed by atoms with Crippen LogP contribution in [0, 0.1) is 21.4 Å². The van der Waals surface area contributed by atoms with E-state index >= 15 is 0 Å². The number of nitro benzene ring substituents is 1. The molecule has 0 bridgehead atoms. The van der Waals surface area contributed by atoms with Gasteiger partial charge in [-0.3, -0.25) is 10.1 Å². The lowest BCUT2D eigenvalue weighted by molar-refractivity contribution is -0.385. The van der Waals surface area contributed by atoms with Gasteiger partial charge in [0.15, 0.2) is 5.56 Å². The van der Waals surface area contributed by atoms with Gasteiger partial charge in [-0.1, -0.05) is 0 Å². The van der Waals surface area contributed by atoms with Gasteiger partial charge in [-0.2, -0.15) is 5.26 Å². The minimum atomic E-state index is -0.830. The number of hydrogen-bond donors (Lipinski definition) is 0. The molecule has 0 unspecified atom stereocenters. The van der Waals surface area contributed by atoms with E-state index in [4.69, 9.17) is 5.26 Å². The lowest BCUT2D eigenvalue weighted by Crippen LogP contribution is -2.07. The Morgan fingerprint density at radius 2 is 2.25 bits per heavy atom. The lowest BCUT2D eigenvalue weighted by atomic mass is 10.1. The van der Waals surface area contributed by atoms with Crippen molar-refractivity contribution in [1.29, 1.82) is 5.26 Å². The average molecular weight is 285 g/mol. The molecule has 0 N–H and O–H groups in total. The van der Waals surface area contributed by atoms with E-state index in [0.29, 0.717) is 0 Å². The highest BCUT2D eigenvalue weighted by atomic mass is 79.9. The number of halogens is 1. The van der Waals surface area contributed by atoms with Crippen LogP contribution in [-0.4, -0.2) is 18.0 Å². The van der Waals surface area contributed by atoms with Crippen LogP contribution >= 0.6 is 15.9 Å². The first-order chi connectivity index (χ1) is 7.51. The number of ether oxygens (including phenoxy) is 1. The topological polar surface area (TPSA) is 93.2 Å². The zero-order chi connectivity index (χ0) is 12.3. The Balaban J connectivity index is 3.53. The van der Waals surface area contributed by atoms with Gasteiger partial charge < -0.3 is 4.74 Å². The fourth-order valence-corrected chi connectivity index (χ4v) is 1.72. The fraction of sp³-hybridized carbons (Fsp3) is 0.111. The molecule has 0 aliphatic carbocycles. The van der Waals surface area contributed by atoms with Crippen molar-refractivity contribution in [2.24, 2.45) is 0 Å². The summed E-state index contributed by atoms with van der Waals surface area (Å²) in [6.45, 7) is 0. The van der Waals surface area contributed by atoms with Crippen LogP contribution in [-0.2, 0) is 4.74 Å². The molecule has 0 saturated heterocycles. The van der Waals surface area contributed by atoms with Gasteiger partial charge in [0, 0.05) is 10.5 Å². The van der Waals surface area contributed by atoms with Crippen molar-refractivity contribution in [3.8, 4) is 6.07 Å². The summed E-state index contributed by atoms with van der Waals surface area (Å²) in [5.74, 6) is -0.830. The van der Waals surface area contributed by atoms with Gasteiger partial charge in [-0.05, 0) is 22.0 Å². The Hall–Kier alpha value is -1.94. The average Bonchev–Trinajstić information content (AvgIpc) is 2.26. The van der Waals surface area contributed by atoms with Crippen LogP contribution in [0.5, 0.6) is 0 Å². The number of nitro groups is 1. The first-order valence-electron chi connectivity index (χ1n) is 3.97. The highest BCUT2D eigenvalue weighted by Crippen LogP contribution is 2.29. The molecule has 82 valence electrons. The minimum absolute atomic E-state index is 0.0891. The second-order valence-corrected chi connectivity index (χ2v) is 3.57. The van der Waals surface area contributed by atoms with Gasteiger partial charge in [-0.25, -0.2) is 4.79 Å². The van der Waals surface area contributed by atoms with E-state index in [-0.39, 0.29) is 15.6 Å². The Kier molecular flexibility index (Phi) is 3.58. The Morgan fingerprint density at radius 3 is 2.69 bits per heavy atom. The third-order valence-electron chi connectivity index (χ3n) is 1.78. The van der Waals surface area contributed by atoms with E-state index in [1.807, 2.05) is 0 Å². The first-order valence-corrected chi connectivity index (χ1v) is 4.77. The highest BCUT2D eigenvalue weighted by molar-refractivity contribution is 9.10. The second kappa shape index (κ2) is 4.72. The van der Waals surface area contributed by atoms with Crippen LogP contribution in [0.25, 0.3) is 0 Å². The zero-order valence-corrected chi connectivity index (χ0v) is 9.65. The van der Waals surface area contributed by atoms with Crippen LogP contribution in [0.2, 0.25) is 0 Å². The van der Waals surface area contributed by atoms with Gasteiger partial charge in [0.05, 0.1) is 23.7 Å². The maximum absolute atomic E-state index is 11.3. The number of esters is 1. The molecule has 16 heavy (non-hydrogen) atoms. The summed E-state index contributed by atoms with van der Waals surface area (Å²) in [5.41, 5.74) is -0.574. The van der Waals surface area contributed by atoms with E-state index < -0.39 is 16.6 Å². The van der Waals surface area contributed by atoms with Gasteiger partial charge >= 0.3 is 5.97 Å². The molecule has 0 aliphatic heterocycles. The summed E-state index contributed by atoms with van der Waals surface area (Å²) in [6.07, 6.45) is 0. The smallest absolute Gasteiger partial charge is 0.346 e. The quantitative estimate of drug-likeness (QED) is 0.470. The molecular formula is C9H5BrN2O4. The molecule has 0 saturated carbocycles. The van der Waals surface area contributed by atoms with Crippen molar-refractivity contribution in [3.63, 3.8) is 0 Å². The van der Waals surface area contributed by atoms with Crippen LogP contribution in [0.3, 0.4) is 0 Å². The van der Waals surface area contributed by atoms with Crippen LogP contribution in [0.1, 0.15) is 15.9 Å². The summed E-state index contributed by atoms with van der Waals surface area (Å²) in [4.78, 5) is 21.3. The molecule has 1 aromatic rings. The molecule has 0 atom stereocenters. The van der Waals surface area contributed by atoms with E-state index in [1.165, 1.54) is 6.07 Å². The molecule has 1 aromatic carbocycles. The van der Waals surface area contributed by atoms with Crippen molar-refractivity contribution in [2.45, 2.75) is 0 Å². The standard InChI is InChI=1S/C9H5BrN2O4/c1-16-9(13)8-6(10)2-5(4-11)3-7(8)12(14)15/h2-3H,1H3. The maximum Gasteiger partial charge on any atom is 0.346 e. The summed E-state index contributed by atoms with van der Waals surface area (Å²) in [6, 6.07) is 4.10. The number of carbonyl (C=O) groups is 1. The third-order valence-corrected chi connectivity index (χ3v) is 2.41. The van der Waals surface area contributed by atoms with Crippen molar-refractivity contribution < 1.29 is 14.5 Å². The highest BCUT2D eigenvalue weighted by Gasteiger charge is 2.25. The minimum Gasteiger partial charge on any atom is -0.465 e. The molecule has 0 fully saturated rings. The molecule has 0 heterocycles. The monoisotopic (exact) mass is 284 g/mol.